The summed E-state index contributed by atoms with van der Waals surface area (Å²) >= 11 is 0. The molecule has 0 spiro atoms. The second-order valence-corrected chi connectivity index (χ2v) is 5.74. The van der Waals surface area contributed by atoms with Gasteiger partial charge in [-0.3, -0.25) is 14.6 Å². The molecule has 3 rings (SSSR count). The Balaban J connectivity index is 1.69. The van der Waals surface area contributed by atoms with Crippen molar-refractivity contribution in [3.05, 3.63) is 35.9 Å². The number of likely N-dealkylation sites (tertiary alicyclic amines) is 1. The third-order valence-corrected chi connectivity index (χ3v) is 4.47. The Morgan fingerprint density at radius 2 is 1.90 bits per heavy atom. The molecule has 2 heterocycles. The number of hydrogen-bond donors (Lipinski definition) is 1. The Bertz CT molecular complexity index is 474. The highest BCUT2D eigenvalue weighted by molar-refractivity contribution is 5.75. The van der Waals surface area contributed by atoms with Gasteiger partial charge in [-0.05, 0) is 12.0 Å². The van der Waals surface area contributed by atoms with Gasteiger partial charge in [0.25, 0.3) is 0 Å². The lowest BCUT2D eigenvalue weighted by molar-refractivity contribution is -0.143. The zero-order valence-electron chi connectivity index (χ0n) is 12.1. The highest BCUT2D eigenvalue weighted by Gasteiger charge is 2.35. The van der Waals surface area contributed by atoms with Gasteiger partial charge in [-0.25, -0.2) is 0 Å². The maximum absolute atomic E-state index is 11.7. The summed E-state index contributed by atoms with van der Waals surface area (Å²) in [6.45, 7) is 5.16. The summed E-state index contributed by atoms with van der Waals surface area (Å²) in [6.07, 6.45) is 1.04. The third kappa shape index (κ3) is 3.26. The fourth-order valence-electron chi connectivity index (χ4n) is 3.39. The van der Waals surface area contributed by atoms with Crippen LogP contribution in [0.2, 0.25) is 0 Å². The van der Waals surface area contributed by atoms with Crippen molar-refractivity contribution in [1.29, 1.82) is 0 Å². The lowest BCUT2D eigenvalue weighted by Gasteiger charge is -2.32. The van der Waals surface area contributed by atoms with Crippen LogP contribution in [0.1, 0.15) is 18.0 Å². The molecule has 5 nitrogen and oxygen atoms in total. The molecule has 2 fully saturated rings. The van der Waals surface area contributed by atoms with Gasteiger partial charge < -0.3 is 9.84 Å². The number of hydrogen-bond acceptors (Lipinski definition) is 4. The minimum atomic E-state index is -0.760. The maximum atomic E-state index is 11.7. The number of carbonyl (C=O) groups is 1. The molecule has 0 amide bonds. The standard InChI is InChI=1S/C16H22N2O3/c19-16(20)15(13-4-2-1-3-5-13)18-7-6-14(12-18)17-8-10-21-11-9-17/h1-5,14-15H,6-12H2,(H,19,20). The molecule has 21 heavy (non-hydrogen) atoms. The summed E-state index contributed by atoms with van der Waals surface area (Å²) in [7, 11) is 0. The van der Waals surface area contributed by atoms with E-state index in [-0.39, 0.29) is 0 Å². The van der Waals surface area contributed by atoms with Gasteiger partial charge >= 0.3 is 5.97 Å². The lowest BCUT2D eigenvalue weighted by atomic mass is 10.1. The molecule has 0 aliphatic carbocycles. The van der Waals surface area contributed by atoms with Crippen LogP contribution in [0.15, 0.2) is 30.3 Å². The summed E-state index contributed by atoms with van der Waals surface area (Å²) in [6, 6.07) is 9.46. The average molecular weight is 290 g/mol. The molecule has 1 aromatic rings. The predicted molar refractivity (Wildman–Crippen MR) is 79.2 cm³/mol. The second kappa shape index (κ2) is 6.56. The van der Waals surface area contributed by atoms with Crippen molar-refractivity contribution >= 4 is 5.97 Å². The first-order valence-corrected chi connectivity index (χ1v) is 7.59. The molecule has 1 N–H and O–H groups in total. The van der Waals surface area contributed by atoms with E-state index in [9.17, 15) is 9.90 Å². The lowest BCUT2D eigenvalue weighted by Crippen LogP contribution is -2.45. The zero-order chi connectivity index (χ0) is 14.7. The van der Waals surface area contributed by atoms with Crippen LogP contribution in [0, 0.1) is 0 Å². The largest absolute Gasteiger partial charge is 0.480 e. The smallest absolute Gasteiger partial charge is 0.325 e. The van der Waals surface area contributed by atoms with Crippen molar-refractivity contribution < 1.29 is 14.6 Å². The highest BCUT2D eigenvalue weighted by atomic mass is 16.5. The molecular weight excluding hydrogens is 268 g/mol. The Kier molecular flexibility index (Phi) is 4.53. The Hall–Kier alpha value is -1.43. The van der Waals surface area contributed by atoms with E-state index in [0.29, 0.717) is 6.04 Å². The van der Waals surface area contributed by atoms with E-state index in [1.54, 1.807) is 0 Å². The van der Waals surface area contributed by atoms with Gasteiger partial charge in [0.1, 0.15) is 6.04 Å². The normalized spacial score (nSPS) is 25.8. The van der Waals surface area contributed by atoms with E-state index < -0.39 is 12.0 Å². The number of ether oxygens (including phenoxy) is 1. The van der Waals surface area contributed by atoms with E-state index in [1.165, 1.54) is 0 Å². The third-order valence-electron chi connectivity index (χ3n) is 4.47. The minimum absolute atomic E-state index is 0.458. The molecule has 2 atom stereocenters. The van der Waals surface area contributed by atoms with Crippen LogP contribution in [0.5, 0.6) is 0 Å². The first-order chi connectivity index (χ1) is 10.3. The van der Waals surface area contributed by atoms with Gasteiger partial charge in [0, 0.05) is 32.2 Å². The van der Waals surface area contributed by atoms with Crippen molar-refractivity contribution in [2.75, 3.05) is 39.4 Å². The van der Waals surface area contributed by atoms with Crippen LogP contribution in [0.3, 0.4) is 0 Å². The molecular formula is C16H22N2O3. The molecule has 2 aliphatic rings. The van der Waals surface area contributed by atoms with Gasteiger partial charge in [0.2, 0.25) is 0 Å². The summed E-state index contributed by atoms with van der Waals surface area (Å²) in [5, 5.41) is 9.61. The first-order valence-electron chi connectivity index (χ1n) is 7.59. The molecule has 114 valence electrons. The number of aliphatic carboxylic acids is 1. The summed E-state index contributed by atoms with van der Waals surface area (Å²) in [5.41, 5.74) is 0.868. The van der Waals surface area contributed by atoms with Crippen molar-refractivity contribution in [3.63, 3.8) is 0 Å². The summed E-state index contributed by atoms with van der Waals surface area (Å²) < 4.78 is 5.39. The average Bonchev–Trinajstić information content (AvgIpc) is 2.98. The van der Waals surface area contributed by atoms with Crippen molar-refractivity contribution in [3.8, 4) is 0 Å². The van der Waals surface area contributed by atoms with Crippen molar-refractivity contribution in [1.82, 2.24) is 9.80 Å². The van der Waals surface area contributed by atoms with Crippen molar-refractivity contribution in [2.24, 2.45) is 0 Å². The monoisotopic (exact) mass is 290 g/mol. The minimum Gasteiger partial charge on any atom is -0.480 e. The second-order valence-electron chi connectivity index (χ2n) is 5.74. The number of benzene rings is 1. The number of nitrogens with zero attached hydrogens (tertiary/aromatic N) is 2. The summed E-state index contributed by atoms with van der Waals surface area (Å²) in [5.74, 6) is -0.760. The van der Waals surface area contributed by atoms with Crippen LogP contribution in [-0.2, 0) is 9.53 Å². The van der Waals surface area contributed by atoms with E-state index in [4.69, 9.17) is 4.74 Å². The van der Waals surface area contributed by atoms with Crippen LogP contribution in [0.25, 0.3) is 0 Å². The molecule has 0 aromatic heterocycles. The van der Waals surface area contributed by atoms with E-state index in [0.717, 1.165) is 51.4 Å². The molecule has 2 unspecified atom stereocenters. The zero-order valence-corrected chi connectivity index (χ0v) is 12.1. The SMILES string of the molecule is O=C(O)C(c1ccccc1)N1CCC(N2CCOCC2)C1. The fraction of sp³-hybridized carbons (Fsp3) is 0.562. The van der Waals surface area contributed by atoms with Gasteiger partial charge in [0.15, 0.2) is 0 Å². The van der Waals surface area contributed by atoms with Gasteiger partial charge in [-0.15, -0.1) is 0 Å². The summed E-state index contributed by atoms with van der Waals surface area (Å²) in [4.78, 5) is 16.2. The molecule has 0 bridgehead atoms. The molecule has 1 aromatic carbocycles. The van der Waals surface area contributed by atoms with Crippen LogP contribution >= 0.6 is 0 Å². The molecule has 5 heteroatoms. The van der Waals surface area contributed by atoms with E-state index in [2.05, 4.69) is 9.80 Å². The quantitative estimate of drug-likeness (QED) is 0.903. The van der Waals surface area contributed by atoms with Crippen LogP contribution in [-0.4, -0.2) is 66.3 Å². The van der Waals surface area contributed by atoms with Gasteiger partial charge in [0.05, 0.1) is 13.2 Å². The van der Waals surface area contributed by atoms with E-state index in [1.807, 2.05) is 30.3 Å². The first kappa shape index (κ1) is 14.5. The molecule has 0 radical (unpaired) electrons. The molecule has 2 saturated heterocycles. The fourth-order valence-corrected chi connectivity index (χ4v) is 3.39. The number of carboxylic acid groups (broad SMARTS) is 1. The van der Waals surface area contributed by atoms with Gasteiger partial charge in [-0.1, -0.05) is 30.3 Å². The van der Waals surface area contributed by atoms with Crippen molar-refractivity contribution in [2.45, 2.75) is 18.5 Å². The topological polar surface area (TPSA) is 53.0 Å². The Morgan fingerprint density at radius 3 is 2.57 bits per heavy atom. The predicted octanol–water partition coefficient (Wildman–Crippen LogP) is 1.22. The Labute approximate surface area is 125 Å². The molecule has 2 aliphatic heterocycles. The number of carboxylic acids is 1. The number of morpholine rings is 1. The highest BCUT2D eigenvalue weighted by Crippen LogP contribution is 2.27. The molecule has 0 saturated carbocycles. The van der Waals surface area contributed by atoms with Crippen LogP contribution < -0.4 is 0 Å². The van der Waals surface area contributed by atoms with E-state index >= 15 is 0 Å². The number of rotatable bonds is 4. The van der Waals surface area contributed by atoms with Gasteiger partial charge in [-0.2, -0.15) is 0 Å². The maximum Gasteiger partial charge on any atom is 0.325 e. The Morgan fingerprint density at radius 1 is 1.19 bits per heavy atom. The van der Waals surface area contributed by atoms with Crippen LogP contribution in [0.4, 0.5) is 0 Å².